The van der Waals surface area contributed by atoms with Gasteiger partial charge in [-0.25, -0.2) is 4.39 Å². The molecule has 6 heteroatoms. The van der Waals surface area contributed by atoms with Crippen LogP contribution in [0.25, 0.3) is 0 Å². The monoisotopic (exact) mass is 373 g/mol. The standard InChI is InChI=1S/C21H25FN2O3/c1-2-24(13-18-15-26-19-5-3-4-6-20(19)27-18)14-21(25)23-12-11-16-7-9-17(22)10-8-16/h3-10,18H,2,11-15H2,1H3,(H,23,25)/p+1/t18-/m0/s1. The number of para-hydroxylation sites is 2. The lowest BCUT2D eigenvalue weighted by molar-refractivity contribution is -0.893. The van der Waals surface area contributed by atoms with Crippen LogP contribution in [0.15, 0.2) is 48.5 Å². The molecule has 0 radical (unpaired) electrons. The van der Waals surface area contributed by atoms with Gasteiger partial charge in [0.15, 0.2) is 24.1 Å². The Kier molecular flexibility index (Phi) is 6.65. The van der Waals surface area contributed by atoms with Crippen LogP contribution in [0.2, 0.25) is 0 Å². The molecule has 1 aliphatic heterocycles. The first-order valence-corrected chi connectivity index (χ1v) is 9.37. The average Bonchev–Trinajstić information content (AvgIpc) is 2.69. The summed E-state index contributed by atoms with van der Waals surface area (Å²) in [6.07, 6.45) is 0.617. The maximum atomic E-state index is 12.9. The molecule has 0 aliphatic carbocycles. The molecular formula is C21H26FN2O3+. The Bertz CT molecular complexity index is 751. The third-order valence-corrected chi connectivity index (χ3v) is 4.64. The lowest BCUT2D eigenvalue weighted by atomic mass is 10.1. The number of fused-ring (bicyclic) bond motifs is 1. The van der Waals surface area contributed by atoms with Gasteiger partial charge in [0.05, 0.1) is 6.54 Å². The first kappa shape index (κ1) is 19.2. The van der Waals surface area contributed by atoms with Gasteiger partial charge in [-0.3, -0.25) is 4.79 Å². The van der Waals surface area contributed by atoms with Gasteiger partial charge in [0.1, 0.15) is 19.0 Å². The molecule has 2 aromatic carbocycles. The number of nitrogens with one attached hydrogen (secondary N) is 2. The summed E-state index contributed by atoms with van der Waals surface area (Å²) in [4.78, 5) is 13.4. The highest BCUT2D eigenvalue weighted by Gasteiger charge is 2.25. The van der Waals surface area contributed by atoms with Crippen LogP contribution in [0.5, 0.6) is 11.5 Å². The summed E-state index contributed by atoms with van der Waals surface area (Å²) in [7, 11) is 0. The number of likely N-dealkylation sites (N-methyl/N-ethyl adjacent to an activating group) is 1. The van der Waals surface area contributed by atoms with Crippen molar-refractivity contribution in [1.29, 1.82) is 0 Å². The van der Waals surface area contributed by atoms with Crippen LogP contribution in [-0.4, -0.2) is 44.8 Å². The Balaban J connectivity index is 1.41. The van der Waals surface area contributed by atoms with E-state index in [-0.39, 0.29) is 17.8 Å². The zero-order valence-corrected chi connectivity index (χ0v) is 15.5. The number of quaternary nitrogens is 1. The third kappa shape index (κ3) is 5.69. The summed E-state index contributed by atoms with van der Waals surface area (Å²) in [5.41, 5.74) is 1.00. The topological polar surface area (TPSA) is 52.0 Å². The van der Waals surface area contributed by atoms with Gasteiger partial charge in [0.2, 0.25) is 0 Å². The van der Waals surface area contributed by atoms with Gasteiger partial charge in [0, 0.05) is 6.54 Å². The van der Waals surface area contributed by atoms with Crippen LogP contribution in [0.3, 0.4) is 0 Å². The van der Waals surface area contributed by atoms with Crippen molar-refractivity contribution < 1.29 is 23.6 Å². The molecule has 1 heterocycles. The molecule has 3 rings (SSSR count). The van der Waals surface area contributed by atoms with Crippen LogP contribution >= 0.6 is 0 Å². The van der Waals surface area contributed by atoms with E-state index in [1.54, 1.807) is 12.1 Å². The molecule has 0 aromatic heterocycles. The van der Waals surface area contributed by atoms with Crippen molar-refractivity contribution in [1.82, 2.24) is 5.32 Å². The smallest absolute Gasteiger partial charge is 0.275 e. The Labute approximate surface area is 159 Å². The summed E-state index contributed by atoms with van der Waals surface area (Å²) in [6, 6.07) is 14.0. The molecule has 2 atom stereocenters. The zero-order valence-electron chi connectivity index (χ0n) is 15.5. The van der Waals surface area contributed by atoms with Gasteiger partial charge in [0.25, 0.3) is 5.91 Å². The van der Waals surface area contributed by atoms with Crippen molar-refractivity contribution in [3.05, 3.63) is 59.9 Å². The van der Waals surface area contributed by atoms with E-state index in [2.05, 4.69) is 12.2 Å². The van der Waals surface area contributed by atoms with Crippen LogP contribution in [0, 0.1) is 5.82 Å². The van der Waals surface area contributed by atoms with Gasteiger partial charge in [-0.05, 0) is 43.2 Å². The quantitative estimate of drug-likeness (QED) is 0.732. The molecular weight excluding hydrogens is 347 g/mol. The molecule has 1 unspecified atom stereocenters. The van der Waals surface area contributed by atoms with Crippen molar-refractivity contribution in [2.24, 2.45) is 0 Å². The summed E-state index contributed by atoms with van der Waals surface area (Å²) in [5.74, 6) is 1.28. The number of carbonyl (C=O) groups is 1. The van der Waals surface area contributed by atoms with Crippen LogP contribution < -0.4 is 19.7 Å². The second-order valence-corrected chi connectivity index (χ2v) is 6.71. The highest BCUT2D eigenvalue weighted by Crippen LogP contribution is 2.30. The second-order valence-electron chi connectivity index (χ2n) is 6.71. The normalized spacial score (nSPS) is 16.6. The van der Waals surface area contributed by atoms with E-state index in [0.29, 0.717) is 32.7 Å². The minimum Gasteiger partial charge on any atom is -0.486 e. The highest BCUT2D eigenvalue weighted by atomic mass is 19.1. The van der Waals surface area contributed by atoms with Crippen LogP contribution in [-0.2, 0) is 11.2 Å². The van der Waals surface area contributed by atoms with Crippen molar-refractivity contribution in [2.75, 3.05) is 32.8 Å². The van der Waals surface area contributed by atoms with Crippen molar-refractivity contribution in [3.63, 3.8) is 0 Å². The maximum Gasteiger partial charge on any atom is 0.275 e. The lowest BCUT2D eigenvalue weighted by Gasteiger charge is -2.28. The molecule has 2 N–H and O–H groups in total. The van der Waals surface area contributed by atoms with Gasteiger partial charge in [-0.1, -0.05) is 24.3 Å². The van der Waals surface area contributed by atoms with Gasteiger partial charge >= 0.3 is 0 Å². The van der Waals surface area contributed by atoms with Crippen LogP contribution in [0.1, 0.15) is 12.5 Å². The van der Waals surface area contributed by atoms with Crippen molar-refractivity contribution >= 4 is 5.91 Å². The Morgan fingerprint density at radius 2 is 1.93 bits per heavy atom. The van der Waals surface area contributed by atoms with E-state index in [9.17, 15) is 9.18 Å². The van der Waals surface area contributed by atoms with E-state index in [4.69, 9.17) is 9.47 Å². The fraction of sp³-hybridized carbons (Fsp3) is 0.381. The molecule has 0 bridgehead atoms. The fourth-order valence-electron chi connectivity index (χ4n) is 3.11. The largest absolute Gasteiger partial charge is 0.486 e. The fourth-order valence-corrected chi connectivity index (χ4v) is 3.11. The SMILES string of the molecule is CC[NH+](CC(=O)NCCc1ccc(F)cc1)C[C@H]1COc2ccccc2O1. The summed E-state index contributed by atoms with van der Waals surface area (Å²) in [5, 5.41) is 2.94. The third-order valence-electron chi connectivity index (χ3n) is 4.64. The number of carbonyl (C=O) groups excluding carboxylic acids is 1. The van der Waals surface area contributed by atoms with E-state index in [1.807, 2.05) is 24.3 Å². The van der Waals surface area contributed by atoms with E-state index < -0.39 is 0 Å². The Morgan fingerprint density at radius 1 is 1.19 bits per heavy atom. The second kappa shape index (κ2) is 9.37. The molecule has 27 heavy (non-hydrogen) atoms. The molecule has 0 fully saturated rings. The van der Waals surface area contributed by atoms with E-state index >= 15 is 0 Å². The summed E-state index contributed by atoms with van der Waals surface area (Å²) < 4.78 is 24.6. The summed E-state index contributed by atoms with van der Waals surface area (Å²) in [6.45, 7) is 5.01. The molecule has 0 saturated carbocycles. The minimum absolute atomic E-state index is 0.00564. The molecule has 1 aliphatic rings. The maximum absolute atomic E-state index is 12.9. The zero-order chi connectivity index (χ0) is 19.1. The number of hydrogen-bond acceptors (Lipinski definition) is 3. The molecule has 144 valence electrons. The number of ether oxygens (including phenoxy) is 2. The lowest BCUT2D eigenvalue weighted by Crippen LogP contribution is -3.14. The predicted octanol–water partition coefficient (Wildman–Crippen LogP) is 1.23. The Morgan fingerprint density at radius 3 is 2.67 bits per heavy atom. The molecule has 5 nitrogen and oxygen atoms in total. The van der Waals surface area contributed by atoms with Crippen molar-refractivity contribution in [2.45, 2.75) is 19.4 Å². The Hall–Kier alpha value is -2.60. The van der Waals surface area contributed by atoms with Crippen molar-refractivity contribution in [3.8, 4) is 11.5 Å². The summed E-state index contributed by atoms with van der Waals surface area (Å²) >= 11 is 0. The van der Waals surface area contributed by atoms with Gasteiger partial charge < -0.3 is 19.7 Å². The molecule has 1 amide bonds. The molecule has 0 spiro atoms. The average molecular weight is 373 g/mol. The molecule has 0 saturated heterocycles. The number of amides is 1. The van der Waals surface area contributed by atoms with E-state index in [1.165, 1.54) is 12.1 Å². The highest BCUT2D eigenvalue weighted by molar-refractivity contribution is 5.76. The van der Waals surface area contributed by atoms with Gasteiger partial charge in [-0.15, -0.1) is 0 Å². The number of rotatable bonds is 8. The number of benzene rings is 2. The number of halogens is 1. The van der Waals surface area contributed by atoms with Crippen LogP contribution in [0.4, 0.5) is 4.39 Å². The number of hydrogen-bond donors (Lipinski definition) is 2. The molecule has 2 aromatic rings. The minimum atomic E-state index is -0.249. The van der Waals surface area contributed by atoms with E-state index in [0.717, 1.165) is 28.5 Å². The first-order chi connectivity index (χ1) is 13.1. The first-order valence-electron chi connectivity index (χ1n) is 9.37. The predicted molar refractivity (Wildman–Crippen MR) is 101 cm³/mol. The van der Waals surface area contributed by atoms with Gasteiger partial charge in [-0.2, -0.15) is 0 Å².